The maximum atomic E-state index is 9.21. The quantitative estimate of drug-likeness (QED) is 0.523. The summed E-state index contributed by atoms with van der Waals surface area (Å²) in [5.41, 5.74) is 0. The fourth-order valence-electron chi connectivity index (χ4n) is 0.0227. The van der Waals surface area contributed by atoms with E-state index in [2.05, 4.69) is 4.31 Å². The van der Waals surface area contributed by atoms with Gasteiger partial charge in [-0.2, -0.15) is 0 Å². The summed E-state index contributed by atoms with van der Waals surface area (Å²) in [6, 6.07) is 0. The third-order valence-electron chi connectivity index (χ3n) is 0.111. The third-order valence-corrected chi connectivity index (χ3v) is 1.00. The minimum atomic E-state index is -4.64. The van der Waals surface area contributed by atoms with Gasteiger partial charge < -0.3 is 14.7 Å². The molecule has 0 rings (SSSR count). The minimum Gasteiger partial charge on any atom is -0.303 e. The van der Waals surface area contributed by atoms with Crippen molar-refractivity contribution in [3.8, 4) is 0 Å². The monoisotopic (exact) mass is 212 g/mol. The highest BCUT2D eigenvalue weighted by Crippen LogP contribution is 2.25. The zero-order chi connectivity index (χ0) is 8.62. The Kier molecular flexibility index (Phi) is 10.0. The summed E-state index contributed by atoms with van der Waals surface area (Å²) in [6.07, 6.45) is 0. The lowest BCUT2D eigenvalue weighted by molar-refractivity contribution is 0.275. The van der Waals surface area contributed by atoms with Crippen LogP contribution in [0.15, 0.2) is 0 Å². The van der Waals surface area contributed by atoms with E-state index in [0.29, 0.717) is 0 Å². The molecule has 0 aromatic carbocycles. The van der Waals surface area contributed by atoms with Gasteiger partial charge in [-0.3, -0.25) is 13.4 Å². The first kappa shape index (κ1) is 13.1. The van der Waals surface area contributed by atoms with Crippen LogP contribution in [0.4, 0.5) is 0 Å². The summed E-state index contributed by atoms with van der Waals surface area (Å²) < 4.78 is 31.2. The van der Waals surface area contributed by atoms with Crippen molar-refractivity contribution in [2.24, 2.45) is 0 Å². The maximum Gasteiger partial charge on any atom is 0.466 e. The van der Waals surface area contributed by atoms with E-state index in [9.17, 15) is 9.13 Å². The summed E-state index contributed by atoms with van der Waals surface area (Å²) in [5, 5.41) is 0. The summed E-state index contributed by atoms with van der Waals surface area (Å²) in [4.78, 5) is 21.6. The molecule has 0 aliphatic carbocycles. The van der Waals surface area contributed by atoms with Crippen LogP contribution in [0.2, 0.25) is 0 Å². The van der Waals surface area contributed by atoms with E-state index >= 15 is 0 Å². The Morgan fingerprint density at radius 3 is 1.30 bits per heavy atom. The summed E-state index contributed by atoms with van der Waals surface area (Å²) >= 11 is 0. The Bertz CT molecular complexity index is 118. The number of hydrogen-bond donors (Lipinski definition) is 3. The average molecular weight is 212 g/mol. The first-order valence-electron chi connectivity index (χ1n) is 1.73. The molecule has 10 heteroatoms. The predicted molar refractivity (Wildman–Crippen MR) is 36.1 cm³/mol. The molecule has 0 unspecified atom stereocenters. The lowest BCUT2D eigenvalue weighted by Gasteiger charge is -1.82. The molecule has 0 amide bonds. The van der Waals surface area contributed by atoms with Gasteiger partial charge in [0.05, 0.1) is 0 Å². The molecule has 0 bridgehead atoms. The van der Waals surface area contributed by atoms with Crippen molar-refractivity contribution in [3.05, 3.63) is 0 Å². The molecule has 3 N–H and O–H groups in total. The molecule has 64 valence electrons. The van der Waals surface area contributed by atoms with Gasteiger partial charge in [0.15, 0.2) is 17.4 Å². The molecule has 0 aromatic rings. The van der Waals surface area contributed by atoms with Crippen LogP contribution in [0.3, 0.4) is 0 Å². The van der Waals surface area contributed by atoms with Crippen molar-refractivity contribution >= 4 is 25.2 Å². The minimum absolute atomic E-state index is 1.24. The van der Waals surface area contributed by atoms with Gasteiger partial charge >= 0.3 is 7.82 Å². The molecular formula is H7O7P3. The van der Waals surface area contributed by atoms with Crippen LogP contribution in [0.25, 0.3) is 0 Å². The van der Waals surface area contributed by atoms with Crippen LogP contribution in [0.5, 0.6) is 0 Å². The van der Waals surface area contributed by atoms with E-state index in [4.69, 9.17) is 19.2 Å². The fourth-order valence-corrected chi connectivity index (χ4v) is 0.204. The smallest absolute Gasteiger partial charge is 0.303 e. The molecule has 0 saturated heterocycles. The zero-order valence-electron chi connectivity index (χ0n) is 4.58. The Hall–Kier alpha value is 0.530. The normalized spacial score (nSPS) is 12.3. The van der Waals surface area contributed by atoms with Crippen LogP contribution in [-0.4, -0.2) is 14.7 Å². The first-order chi connectivity index (χ1) is 4.41. The van der Waals surface area contributed by atoms with Crippen LogP contribution < -0.4 is 0 Å². The van der Waals surface area contributed by atoms with Gasteiger partial charge in [-0.25, -0.2) is 4.57 Å². The second-order valence-electron chi connectivity index (χ2n) is 0.842. The first-order valence-corrected chi connectivity index (χ1v) is 5.18. The number of rotatable bonds is 2. The Balaban J connectivity index is 0. The van der Waals surface area contributed by atoms with E-state index in [-0.39, 0.29) is 0 Å². The van der Waals surface area contributed by atoms with Crippen molar-refractivity contribution in [2.45, 2.75) is 0 Å². The van der Waals surface area contributed by atoms with Crippen LogP contribution >= 0.6 is 25.2 Å². The Morgan fingerprint density at radius 2 is 1.30 bits per heavy atom. The highest BCUT2D eigenvalue weighted by Gasteiger charge is 2.00. The van der Waals surface area contributed by atoms with Crippen LogP contribution in [-0.2, 0) is 18.0 Å². The van der Waals surface area contributed by atoms with E-state index < -0.39 is 25.2 Å². The molecular weight excluding hydrogens is 205 g/mol. The molecule has 0 radical (unpaired) electrons. The molecule has 0 aliphatic heterocycles. The van der Waals surface area contributed by atoms with Gasteiger partial charge in [-0.1, -0.05) is 0 Å². The van der Waals surface area contributed by atoms with Gasteiger partial charge in [0.2, 0.25) is 0 Å². The van der Waals surface area contributed by atoms with Crippen molar-refractivity contribution in [1.29, 1.82) is 0 Å². The predicted octanol–water partition coefficient (Wildman–Crippen LogP) is -0.583. The fraction of sp³-hybridized carbons (Fsp3) is 0. The van der Waals surface area contributed by atoms with Gasteiger partial charge in [-0.05, 0) is 0 Å². The largest absolute Gasteiger partial charge is 0.466 e. The van der Waals surface area contributed by atoms with Gasteiger partial charge in [-0.15, -0.1) is 0 Å². The zero-order valence-corrected chi connectivity index (χ0v) is 7.78. The molecule has 0 saturated carbocycles. The second kappa shape index (κ2) is 7.63. The highest BCUT2D eigenvalue weighted by atomic mass is 31.2. The van der Waals surface area contributed by atoms with Crippen molar-refractivity contribution in [1.82, 2.24) is 0 Å². The molecule has 0 aliphatic rings. The molecule has 0 fully saturated rings. The van der Waals surface area contributed by atoms with Crippen molar-refractivity contribution in [3.63, 3.8) is 0 Å². The summed E-state index contributed by atoms with van der Waals surface area (Å²) in [5.74, 6) is 0. The molecule has 0 atom stereocenters. The Labute approximate surface area is 58.8 Å². The maximum absolute atomic E-state index is 9.21. The highest BCUT2D eigenvalue weighted by molar-refractivity contribution is 7.45. The standard InChI is InChI=1S/H3O4P.H4O3P2/c1-5(2,3)4;1-4-3-5-2/h(H3,1,2,3,4);4-5H2. The third kappa shape index (κ3) is 75.6. The lowest BCUT2D eigenvalue weighted by atomic mass is 15.8. The molecule has 0 aromatic heterocycles. The summed E-state index contributed by atoms with van der Waals surface area (Å²) in [6.45, 7) is 0. The molecule has 7 nitrogen and oxygen atoms in total. The number of phosphoric acid groups is 1. The van der Waals surface area contributed by atoms with E-state index in [1.54, 1.807) is 0 Å². The SMILES string of the molecule is O=P(O)(O)O.O=[PH2]O[PH2]=O. The van der Waals surface area contributed by atoms with Crippen LogP contribution in [0.1, 0.15) is 0 Å². The van der Waals surface area contributed by atoms with E-state index in [1.807, 2.05) is 0 Å². The van der Waals surface area contributed by atoms with E-state index in [1.165, 1.54) is 0 Å². The van der Waals surface area contributed by atoms with Gasteiger partial charge in [0.1, 0.15) is 0 Å². The van der Waals surface area contributed by atoms with E-state index in [0.717, 1.165) is 0 Å². The second-order valence-corrected chi connectivity index (χ2v) is 3.34. The topological polar surface area (TPSA) is 121 Å². The van der Waals surface area contributed by atoms with Crippen molar-refractivity contribution in [2.75, 3.05) is 0 Å². The molecule has 0 heterocycles. The van der Waals surface area contributed by atoms with Crippen LogP contribution in [0, 0.1) is 0 Å². The summed E-state index contributed by atoms with van der Waals surface area (Å²) in [7, 11) is -7.12. The lowest BCUT2D eigenvalue weighted by Crippen LogP contribution is -1.66. The molecule has 10 heavy (non-hydrogen) atoms. The number of hydrogen-bond acceptors (Lipinski definition) is 4. The van der Waals surface area contributed by atoms with Crippen molar-refractivity contribution < 1.29 is 32.7 Å². The average Bonchev–Trinajstić information content (AvgIpc) is 1.63. The van der Waals surface area contributed by atoms with Gasteiger partial charge in [0, 0.05) is 0 Å². The Morgan fingerprint density at radius 1 is 1.10 bits per heavy atom. The van der Waals surface area contributed by atoms with Gasteiger partial charge in [0.25, 0.3) is 0 Å². The molecule has 0 spiro atoms.